The Hall–Kier alpha value is -5.77. The number of benzene rings is 6. The van der Waals surface area contributed by atoms with E-state index in [-0.39, 0.29) is 51.7 Å². The Labute approximate surface area is 388 Å². The number of hydrogen-bond donors (Lipinski definition) is 0. The van der Waals surface area contributed by atoms with Crippen molar-refractivity contribution in [2.75, 3.05) is 34.2 Å². The predicted octanol–water partition coefficient (Wildman–Crippen LogP) is 9.14. The molecular weight excluding hydrogens is 859 g/mol. The van der Waals surface area contributed by atoms with E-state index in [1.807, 2.05) is 133 Å². The lowest BCUT2D eigenvalue weighted by molar-refractivity contribution is -0.325. The molecule has 348 valence electrons. The van der Waals surface area contributed by atoms with E-state index < -0.39 is 40.7 Å². The lowest BCUT2D eigenvalue weighted by Crippen LogP contribution is -2.61. The lowest BCUT2D eigenvalue weighted by atomic mass is 9.96. The average molecular weight is 918 g/mol. The maximum absolute atomic E-state index is 15.0. The zero-order chi connectivity index (χ0) is 46.1. The minimum atomic E-state index is -4.08. The molecule has 0 spiro atoms. The molecule has 1 fully saturated rings. The monoisotopic (exact) mass is 917 g/mol. The molecule has 0 amide bonds. The molecule has 6 aromatic rings. The Kier molecular flexibility index (Phi) is 17.6. The van der Waals surface area contributed by atoms with Crippen molar-refractivity contribution in [2.45, 2.75) is 76.6 Å². The van der Waals surface area contributed by atoms with Gasteiger partial charge in [-0.1, -0.05) is 133 Å². The standard InChI is InChI=1S/C53H59NO11S/c1-57-45-27-25-43(48(31-45)59-3)33-54(34-44-26-28-46(58-2)32-49(44)60-4)66(55,56)30-29-47-50(61-35-39-17-9-5-10-18-39)51(62-36-40-19-11-6-12-20-40)52(63-37-41-21-13-7-14-22-41)53(65-47)64-38-42-23-15-8-16-24-42/h5-28,31-32,47,50-53H,29-30,33-38H2,1-4H3/t47-,50-,51+,52-,53-/m1/s1. The Balaban J connectivity index is 1.25. The summed E-state index contributed by atoms with van der Waals surface area (Å²) in [4.78, 5) is 0. The summed E-state index contributed by atoms with van der Waals surface area (Å²) in [5.41, 5.74) is 5.07. The quantitative estimate of drug-likeness (QED) is 0.0578. The third kappa shape index (κ3) is 13.2. The van der Waals surface area contributed by atoms with Gasteiger partial charge in [0.25, 0.3) is 0 Å². The van der Waals surface area contributed by atoms with Gasteiger partial charge in [0.2, 0.25) is 10.0 Å². The third-order valence-corrected chi connectivity index (χ3v) is 13.2. The maximum atomic E-state index is 15.0. The van der Waals surface area contributed by atoms with Gasteiger partial charge in [0, 0.05) is 36.3 Å². The molecule has 13 heteroatoms. The molecule has 5 atom stereocenters. The molecular formula is C53H59NO11S. The molecule has 0 bridgehead atoms. The van der Waals surface area contributed by atoms with Crippen molar-refractivity contribution < 1.29 is 51.0 Å². The van der Waals surface area contributed by atoms with Crippen LogP contribution in [-0.4, -0.2) is 77.6 Å². The van der Waals surface area contributed by atoms with Gasteiger partial charge in [0.05, 0.1) is 66.7 Å². The normalized spacial score (nSPS) is 18.5. The van der Waals surface area contributed by atoms with Crippen molar-refractivity contribution in [3.05, 3.63) is 191 Å². The molecule has 6 aromatic carbocycles. The second kappa shape index (κ2) is 24.1. The summed E-state index contributed by atoms with van der Waals surface area (Å²) in [6, 6.07) is 50.0. The summed E-state index contributed by atoms with van der Waals surface area (Å²) in [5, 5.41) is 0. The smallest absolute Gasteiger partial charge is 0.214 e. The Morgan fingerprint density at radius 1 is 0.470 bits per heavy atom. The van der Waals surface area contributed by atoms with E-state index in [1.54, 1.807) is 52.7 Å². The molecule has 1 aliphatic heterocycles. The highest BCUT2D eigenvalue weighted by Crippen LogP contribution is 2.35. The molecule has 7 rings (SSSR count). The van der Waals surface area contributed by atoms with Gasteiger partial charge in [-0.05, 0) is 40.8 Å². The zero-order valence-electron chi connectivity index (χ0n) is 37.9. The molecule has 0 aromatic heterocycles. The fourth-order valence-corrected chi connectivity index (χ4v) is 9.32. The van der Waals surface area contributed by atoms with Crippen LogP contribution in [-0.2, 0) is 73.2 Å². The van der Waals surface area contributed by atoms with Crippen LogP contribution in [0.3, 0.4) is 0 Å². The van der Waals surface area contributed by atoms with Crippen molar-refractivity contribution in [3.8, 4) is 23.0 Å². The first-order valence-corrected chi connectivity index (χ1v) is 23.5. The van der Waals surface area contributed by atoms with Crippen molar-refractivity contribution in [1.82, 2.24) is 4.31 Å². The van der Waals surface area contributed by atoms with Gasteiger partial charge in [0.15, 0.2) is 6.29 Å². The average Bonchev–Trinajstić information content (AvgIpc) is 3.36. The number of sulfonamides is 1. The van der Waals surface area contributed by atoms with Gasteiger partial charge < -0.3 is 42.6 Å². The van der Waals surface area contributed by atoms with Crippen LogP contribution in [0.1, 0.15) is 39.8 Å². The topological polar surface area (TPSA) is 120 Å². The number of methoxy groups -OCH3 is 4. The number of nitrogens with zero attached hydrogens (tertiary/aromatic N) is 1. The Morgan fingerprint density at radius 3 is 1.27 bits per heavy atom. The van der Waals surface area contributed by atoms with Crippen LogP contribution < -0.4 is 18.9 Å². The van der Waals surface area contributed by atoms with E-state index in [9.17, 15) is 0 Å². The van der Waals surface area contributed by atoms with Crippen molar-refractivity contribution in [2.24, 2.45) is 0 Å². The predicted molar refractivity (Wildman–Crippen MR) is 252 cm³/mol. The van der Waals surface area contributed by atoms with E-state index in [0.29, 0.717) is 34.1 Å². The summed E-state index contributed by atoms with van der Waals surface area (Å²) in [6.07, 6.45) is -4.11. The number of hydrogen-bond acceptors (Lipinski definition) is 11. The van der Waals surface area contributed by atoms with Crippen LogP contribution >= 0.6 is 0 Å². The molecule has 0 unspecified atom stereocenters. The number of ether oxygens (including phenoxy) is 9. The molecule has 1 aliphatic rings. The van der Waals surface area contributed by atoms with Gasteiger partial charge in [-0.25, -0.2) is 8.42 Å². The minimum Gasteiger partial charge on any atom is -0.497 e. The molecule has 0 saturated carbocycles. The van der Waals surface area contributed by atoms with E-state index in [2.05, 4.69) is 0 Å². The fourth-order valence-electron chi connectivity index (χ4n) is 7.86. The summed E-state index contributed by atoms with van der Waals surface area (Å²) in [7, 11) is 2.14. The van der Waals surface area contributed by atoms with Crippen LogP contribution in [0.25, 0.3) is 0 Å². The minimum absolute atomic E-state index is 0.00876. The van der Waals surface area contributed by atoms with Crippen LogP contribution in [0.2, 0.25) is 0 Å². The van der Waals surface area contributed by atoms with E-state index >= 15 is 8.42 Å². The van der Waals surface area contributed by atoms with Gasteiger partial charge in [0.1, 0.15) is 41.3 Å². The highest BCUT2D eigenvalue weighted by molar-refractivity contribution is 7.89. The van der Waals surface area contributed by atoms with E-state index in [0.717, 1.165) is 22.3 Å². The molecule has 0 radical (unpaired) electrons. The second-order valence-electron chi connectivity index (χ2n) is 15.9. The summed E-state index contributed by atoms with van der Waals surface area (Å²) >= 11 is 0. The summed E-state index contributed by atoms with van der Waals surface area (Å²) in [5.74, 6) is 1.82. The van der Waals surface area contributed by atoms with Gasteiger partial charge in [-0.3, -0.25) is 0 Å². The molecule has 1 saturated heterocycles. The first-order valence-electron chi connectivity index (χ1n) is 21.9. The molecule has 1 heterocycles. The van der Waals surface area contributed by atoms with Crippen molar-refractivity contribution in [3.63, 3.8) is 0 Å². The van der Waals surface area contributed by atoms with Crippen molar-refractivity contribution in [1.29, 1.82) is 0 Å². The van der Waals surface area contributed by atoms with Crippen LogP contribution in [0.4, 0.5) is 0 Å². The highest BCUT2D eigenvalue weighted by atomic mass is 32.2. The van der Waals surface area contributed by atoms with E-state index in [1.165, 1.54) is 4.31 Å². The Morgan fingerprint density at radius 2 is 0.864 bits per heavy atom. The van der Waals surface area contributed by atoms with Gasteiger partial charge in [-0.15, -0.1) is 0 Å². The highest BCUT2D eigenvalue weighted by Gasteiger charge is 2.49. The van der Waals surface area contributed by atoms with E-state index in [4.69, 9.17) is 42.6 Å². The van der Waals surface area contributed by atoms with Crippen LogP contribution in [0, 0.1) is 0 Å². The lowest BCUT2D eigenvalue weighted by Gasteiger charge is -2.46. The SMILES string of the molecule is COc1ccc(CN(Cc2ccc(OC)cc2OC)S(=O)(=O)CC[C@H]2O[C@@H](OCc3ccccc3)[C@H](OCc3ccccc3)[C@@H](OCc3ccccc3)[C@@H]2OCc2ccccc2)c(OC)c1. The maximum Gasteiger partial charge on any atom is 0.214 e. The first kappa shape index (κ1) is 48.2. The van der Waals surface area contributed by atoms with Gasteiger partial charge in [-0.2, -0.15) is 4.31 Å². The largest absolute Gasteiger partial charge is 0.497 e. The third-order valence-electron chi connectivity index (χ3n) is 11.4. The Bertz CT molecular complexity index is 2420. The molecule has 0 aliphatic carbocycles. The molecule has 0 N–H and O–H groups in total. The summed E-state index contributed by atoms with van der Waals surface area (Å²) in [6.45, 7) is 0.888. The molecule has 66 heavy (non-hydrogen) atoms. The second-order valence-corrected chi connectivity index (χ2v) is 17.9. The van der Waals surface area contributed by atoms with Crippen LogP contribution in [0.15, 0.2) is 158 Å². The fraction of sp³-hybridized carbons (Fsp3) is 0.321. The zero-order valence-corrected chi connectivity index (χ0v) is 38.7. The molecule has 12 nitrogen and oxygen atoms in total. The van der Waals surface area contributed by atoms with Crippen molar-refractivity contribution >= 4 is 10.0 Å². The summed E-state index contributed by atoms with van der Waals surface area (Å²) < 4.78 is 87.9. The van der Waals surface area contributed by atoms with Crippen LogP contribution in [0.5, 0.6) is 23.0 Å². The first-order chi connectivity index (χ1) is 32.3. The number of rotatable bonds is 24. The van der Waals surface area contributed by atoms with Gasteiger partial charge >= 0.3 is 0 Å².